The van der Waals surface area contributed by atoms with Gasteiger partial charge in [-0.2, -0.15) is 0 Å². The van der Waals surface area contributed by atoms with Crippen LogP contribution in [0.15, 0.2) is 95.6 Å². The third-order valence-corrected chi connectivity index (χ3v) is 4.85. The van der Waals surface area contributed by atoms with E-state index in [9.17, 15) is 0 Å². The Hall–Kier alpha value is -2.32. The zero-order chi connectivity index (χ0) is 19.5. The van der Waals surface area contributed by atoms with Crippen LogP contribution in [0.1, 0.15) is 32.1 Å². The van der Waals surface area contributed by atoms with Gasteiger partial charge in [-0.1, -0.05) is 66.8 Å². The largest absolute Gasteiger partial charge is 0.378 e. The number of likely N-dealkylation sites (N-methyl/N-ethyl adjacent to an activating group) is 1. The molecule has 0 spiro atoms. The quantitative estimate of drug-likeness (QED) is 0.500. The van der Waals surface area contributed by atoms with Gasteiger partial charge in [-0.25, -0.2) is 0 Å². The Morgan fingerprint density at radius 3 is 2.50 bits per heavy atom. The fraction of sp³-hybridized carbons (Fsp3) is 0.250. The maximum absolute atomic E-state index is 4.06. The van der Waals surface area contributed by atoms with Crippen molar-refractivity contribution < 1.29 is 0 Å². The molecule has 0 radical (unpaired) electrons. The van der Waals surface area contributed by atoms with Crippen molar-refractivity contribution in [1.29, 1.82) is 0 Å². The van der Waals surface area contributed by atoms with Crippen molar-refractivity contribution >= 4 is 16.9 Å². The molecule has 0 saturated carbocycles. The van der Waals surface area contributed by atoms with E-state index >= 15 is 0 Å². The van der Waals surface area contributed by atoms with E-state index in [-0.39, 0.29) is 0 Å². The second-order valence-corrected chi connectivity index (χ2v) is 7.29. The van der Waals surface area contributed by atoms with Crippen molar-refractivity contribution in [2.75, 3.05) is 14.1 Å². The minimum atomic E-state index is 0.968. The van der Waals surface area contributed by atoms with Crippen LogP contribution in [0.3, 0.4) is 0 Å². The highest BCUT2D eigenvalue weighted by Crippen LogP contribution is 2.24. The summed E-state index contributed by atoms with van der Waals surface area (Å²) in [7, 11) is 3.97. The summed E-state index contributed by atoms with van der Waals surface area (Å²) in [6, 6.07) is 4.18. The molecule has 2 heteroatoms. The van der Waals surface area contributed by atoms with Crippen LogP contribution in [-0.4, -0.2) is 19.0 Å². The second kappa shape index (κ2) is 11.3. The number of hydrogen-bond donors (Lipinski definition) is 0. The van der Waals surface area contributed by atoms with Gasteiger partial charge in [0, 0.05) is 24.7 Å². The van der Waals surface area contributed by atoms with Gasteiger partial charge >= 0.3 is 0 Å². The lowest BCUT2D eigenvalue weighted by Crippen LogP contribution is -2.11. The van der Waals surface area contributed by atoms with Gasteiger partial charge < -0.3 is 4.90 Å². The average molecular weight is 366 g/mol. The van der Waals surface area contributed by atoms with E-state index in [1.165, 1.54) is 21.6 Å². The predicted octanol–water partition coefficient (Wildman–Crippen LogP) is 7.18. The van der Waals surface area contributed by atoms with Crippen LogP contribution in [0.2, 0.25) is 0 Å². The topological polar surface area (TPSA) is 3.24 Å². The van der Waals surface area contributed by atoms with Crippen molar-refractivity contribution in [3.63, 3.8) is 0 Å². The SMILES string of the molecule is C=C/C(=C\C(=C/C)c1cccs1)C(=C)N(C)C.CC1=CCC=CC(C)=C1. The molecular weight excluding hydrogens is 334 g/mol. The lowest BCUT2D eigenvalue weighted by molar-refractivity contribution is 0.527. The van der Waals surface area contributed by atoms with Crippen LogP contribution in [-0.2, 0) is 0 Å². The molecule has 1 aliphatic carbocycles. The fourth-order valence-corrected chi connectivity index (χ4v) is 3.17. The van der Waals surface area contributed by atoms with Crippen LogP contribution in [0, 0.1) is 0 Å². The van der Waals surface area contributed by atoms with Gasteiger partial charge in [0.25, 0.3) is 0 Å². The lowest BCUT2D eigenvalue weighted by atomic mass is 10.1. The van der Waals surface area contributed by atoms with Gasteiger partial charge in [0.05, 0.1) is 0 Å². The van der Waals surface area contributed by atoms with Crippen LogP contribution < -0.4 is 0 Å². The molecule has 26 heavy (non-hydrogen) atoms. The van der Waals surface area contributed by atoms with Gasteiger partial charge in [-0.05, 0) is 55.9 Å². The number of rotatable bonds is 5. The first kappa shape index (κ1) is 21.7. The average Bonchev–Trinajstić information content (AvgIpc) is 3.07. The first-order valence-corrected chi connectivity index (χ1v) is 9.69. The summed E-state index contributed by atoms with van der Waals surface area (Å²) in [5.74, 6) is 0. The summed E-state index contributed by atoms with van der Waals surface area (Å²) in [4.78, 5) is 3.26. The zero-order valence-electron chi connectivity index (χ0n) is 16.8. The van der Waals surface area contributed by atoms with E-state index in [0.717, 1.165) is 17.7 Å². The molecule has 0 amide bonds. The summed E-state index contributed by atoms with van der Waals surface area (Å²) in [5.41, 5.74) is 5.95. The van der Waals surface area contributed by atoms with Gasteiger partial charge in [-0.15, -0.1) is 11.3 Å². The molecule has 1 nitrogen and oxygen atoms in total. The molecule has 0 aromatic carbocycles. The van der Waals surface area contributed by atoms with Crippen molar-refractivity contribution in [2.24, 2.45) is 0 Å². The Balaban J connectivity index is 0.000000314. The maximum Gasteiger partial charge on any atom is 0.0361 e. The van der Waals surface area contributed by atoms with E-state index in [0.29, 0.717) is 0 Å². The highest BCUT2D eigenvalue weighted by molar-refractivity contribution is 7.11. The molecule has 0 unspecified atom stereocenters. The number of allylic oxidation sites excluding steroid dienone is 10. The Morgan fingerprint density at radius 1 is 1.23 bits per heavy atom. The Morgan fingerprint density at radius 2 is 1.96 bits per heavy atom. The molecule has 1 aromatic heterocycles. The van der Waals surface area contributed by atoms with E-state index in [2.05, 4.69) is 81.0 Å². The highest BCUT2D eigenvalue weighted by atomic mass is 32.1. The van der Waals surface area contributed by atoms with Crippen LogP contribution in [0.4, 0.5) is 0 Å². The van der Waals surface area contributed by atoms with E-state index in [1.807, 2.05) is 32.0 Å². The Kier molecular flexibility index (Phi) is 9.46. The van der Waals surface area contributed by atoms with Crippen LogP contribution in [0.5, 0.6) is 0 Å². The fourth-order valence-electron chi connectivity index (χ4n) is 2.40. The maximum atomic E-state index is 4.06. The van der Waals surface area contributed by atoms with Crippen molar-refractivity contribution in [1.82, 2.24) is 4.90 Å². The molecule has 0 fully saturated rings. The third kappa shape index (κ3) is 7.28. The molecule has 0 atom stereocenters. The van der Waals surface area contributed by atoms with Gasteiger partial charge in [0.2, 0.25) is 0 Å². The van der Waals surface area contributed by atoms with Gasteiger partial charge in [0.15, 0.2) is 0 Å². The normalized spacial score (nSPS) is 14.5. The predicted molar refractivity (Wildman–Crippen MR) is 120 cm³/mol. The first-order valence-electron chi connectivity index (χ1n) is 8.81. The Bertz CT molecular complexity index is 750. The minimum Gasteiger partial charge on any atom is -0.378 e. The first-order chi connectivity index (χ1) is 12.4. The Labute approximate surface area is 163 Å². The molecule has 0 saturated heterocycles. The second-order valence-electron chi connectivity index (χ2n) is 6.34. The van der Waals surface area contributed by atoms with Crippen molar-refractivity contribution in [2.45, 2.75) is 27.2 Å². The molecule has 1 heterocycles. The standard InChI is InChI=1S/C15H19NS.C9H12/c1-6-13(12(3)16(4)5)11-14(7-2)15-9-8-10-17-15;1-8-5-3-4-6-9(2)7-8/h6-11H,1,3H2,2,4-5H3;3,5-7H,4H2,1-2H3/b13-11+,14-7+;. The van der Waals surface area contributed by atoms with Crippen LogP contribution >= 0.6 is 11.3 Å². The molecule has 0 bridgehead atoms. The summed E-state index contributed by atoms with van der Waals surface area (Å²) in [5, 5.41) is 2.08. The van der Waals surface area contributed by atoms with E-state index in [4.69, 9.17) is 0 Å². The van der Waals surface area contributed by atoms with Gasteiger partial charge in [0.1, 0.15) is 0 Å². The van der Waals surface area contributed by atoms with E-state index < -0.39 is 0 Å². The summed E-state index contributed by atoms with van der Waals surface area (Å²) >= 11 is 1.74. The molecule has 2 rings (SSSR count). The molecule has 1 aromatic rings. The third-order valence-electron chi connectivity index (χ3n) is 3.93. The molecule has 0 N–H and O–H groups in total. The summed E-state index contributed by atoms with van der Waals surface area (Å²) < 4.78 is 0. The summed E-state index contributed by atoms with van der Waals surface area (Å²) in [6.07, 6.45) is 15.9. The minimum absolute atomic E-state index is 0.968. The van der Waals surface area contributed by atoms with Crippen molar-refractivity contribution in [3.8, 4) is 0 Å². The molecular formula is C24H31NS. The van der Waals surface area contributed by atoms with Crippen LogP contribution in [0.25, 0.3) is 5.57 Å². The summed E-state index contributed by atoms with van der Waals surface area (Å²) in [6.45, 7) is 14.2. The smallest absolute Gasteiger partial charge is 0.0361 e. The number of nitrogens with zero attached hydrogens (tertiary/aromatic N) is 1. The van der Waals surface area contributed by atoms with Crippen molar-refractivity contribution in [3.05, 3.63) is 100 Å². The number of thiophene rings is 1. The highest BCUT2D eigenvalue weighted by Gasteiger charge is 2.04. The molecule has 0 aliphatic heterocycles. The van der Waals surface area contributed by atoms with E-state index in [1.54, 1.807) is 11.3 Å². The monoisotopic (exact) mass is 365 g/mol. The van der Waals surface area contributed by atoms with Gasteiger partial charge in [-0.3, -0.25) is 0 Å². The molecule has 138 valence electrons. The zero-order valence-corrected chi connectivity index (χ0v) is 17.6. The lowest BCUT2D eigenvalue weighted by Gasteiger charge is -2.17. The molecule has 1 aliphatic rings. The number of hydrogen-bond acceptors (Lipinski definition) is 2.